The zero-order valence-corrected chi connectivity index (χ0v) is 13.3. The number of hydrogen-bond acceptors (Lipinski definition) is 1. The molecule has 2 aromatic rings. The number of nitrogens with one attached hydrogen (secondary N) is 1. The van der Waals surface area contributed by atoms with Gasteiger partial charge in [0.1, 0.15) is 0 Å². The molecular weight excluding hydrogens is 254 g/mol. The van der Waals surface area contributed by atoms with E-state index < -0.39 is 0 Å². The zero-order valence-electron chi connectivity index (χ0n) is 13.3. The van der Waals surface area contributed by atoms with Gasteiger partial charge in [-0.05, 0) is 53.5 Å². The normalized spacial score (nSPS) is 18.1. The summed E-state index contributed by atoms with van der Waals surface area (Å²) in [7, 11) is 0. The van der Waals surface area contributed by atoms with Crippen LogP contribution in [0.5, 0.6) is 0 Å². The van der Waals surface area contributed by atoms with Gasteiger partial charge < -0.3 is 5.32 Å². The molecule has 3 rings (SSSR count). The molecule has 1 nitrogen and oxygen atoms in total. The van der Waals surface area contributed by atoms with Gasteiger partial charge in [0.15, 0.2) is 0 Å². The first-order chi connectivity index (χ1) is 10.2. The van der Waals surface area contributed by atoms with E-state index in [2.05, 4.69) is 68.6 Å². The van der Waals surface area contributed by atoms with Crippen molar-refractivity contribution in [2.24, 2.45) is 0 Å². The molecule has 110 valence electrons. The van der Waals surface area contributed by atoms with Crippen LogP contribution in [0.1, 0.15) is 61.4 Å². The Labute approximate surface area is 128 Å². The van der Waals surface area contributed by atoms with Gasteiger partial charge >= 0.3 is 0 Å². The van der Waals surface area contributed by atoms with Crippen LogP contribution in [0, 0.1) is 0 Å². The Bertz CT molecular complexity index is 612. The Morgan fingerprint density at radius 3 is 2.52 bits per heavy atom. The summed E-state index contributed by atoms with van der Waals surface area (Å²) in [5.41, 5.74) is 7.06. The lowest BCUT2D eigenvalue weighted by molar-refractivity contribution is 0.732. The molecule has 0 saturated heterocycles. The molecule has 1 aliphatic rings. The Balaban J connectivity index is 1.80. The number of hydrogen-bond donors (Lipinski definition) is 1. The molecule has 1 heterocycles. The van der Waals surface area contributed by atoms with Gasteiger partial charge in [0.05, 0.1) is 6.04 Å². The monoisotopic (exact) mass is 279 g/mol. The number of aryl methyl sites for hydroxylation is 1. The van der Waals surface area contributed by atoms with Crippen LogP contribution in [0.3, 0.4) is 0 Å². The summed E-state index contributed by atoms with van der Waals surface area (Å²) in [6.45, 7) is 6.77. The van der Waals surface area contributed by atoms with E-state index in [9.17, 15) is 0 Å². The van der Waals surface area contributed by atoms with Gasteiger partial charge in [0.2, 0.25) is 0 Å². The van der Waals surface area contributed by atoms with Crippen molar-refractivity contribution < 1.29 is 0 Å². The van der Waals surface area contributed by atoms with E-state index in [1.54, 1.807) is 0 Å². The van der Waals surface area contributed by atoms with Crippen LogP contribution in [0.15, 0.2) is 42.5 Å². The molecule has 0 saturated carbocycles. The van der Waals surface area contributed by atoms with Gasteiger partial charge in [-0.2, -0.15) is 0 Å². The van der Waals surface area contributed by atoms with Crippen molar-refractivity contribution in [1.29, 1.82) is 0 Å². The van der Waals surface area contributed by atoms with Crippen LogP contribution in [-0.4, -0.2) is 0 Å². The fourth-order valence-corrected chi connectivity index (χ4v) is 3.11. The van der Waals surface area contributed by atoms with Crippen LogP contribution in [0.2, 0.25) is 0 Å². The third-order valence-electron chi connectivity index (χ3n) is 4.85. The smallest absolute Gasteiger partial charge is 0.0555 e. The van der Waals surface area contributed by atoms with Crippen LogP contribution >= 0.6 is 0 Å². The van der Waals surface area contributed by atoms with Gasteiger partial charge in [0.25, 0.3) is 0 Å². The third-order valence-corrected chi connectivity index (χ3v) is 4.85. The first kappa shape index (κ1) is 14.2. The number of benzene rings is 2. The molecule has 0 aliphatic carbocycles. The highest BCUT2D eigenvalue weighted by Crippen LogP contribution is 2.36. The molecule has 0 amide bonds. The summed E-state index contributed by atoms with van der Waals surface area (Å²) >= 11 is 0. The first-order valence-electron chi connectivity index (χ1n) is 8.19. The molecule has 21 heavy (non-hydrogen) atoms. The number of fused-ring (bicyclic) bond motifs is 1. The van der Waals surface area contributed by atoms with Crippen molar-refractivity contribution in [1.82, 2.24) is 0 Å². The van der Waals surface area contributed by atoms with Crippen molar-refractivity contribution in [2.45, 2.75) is 52.0 Å². The molecule has 0 aromatic heterocycles. The molecule has 1 N–H and O–H groups in total. The molecular formula is C20H25N. The van der Waals surface area contributed by atoms with Crippen molar-refractivity contribution in [3.8, 4) is 0 Å². The van der Waals surface area contributed by atoms with E-state index in [1.807, 2.05) is 0 Å². The van der Waals surface area contributed by atoms with Crippen molar-refractivity contribution in [3.05, 3.63) is 64.7 Å². The largest absolute Gasteiger partial charge is 0.378 e. The maximum Gasteiger partial charge on any atom is 0.0555 e. The predicted molar refractivity (Wildman–Crippen MR) is 91.0 cm³/mol. The zero-order chi connectivity index (χ0) is 14.8. The lowest BCUT2D eigenvalue weighted by atomic mass is 9.95. The van der Waals surface area contributed by atoms with E-state index in [1.165, 1.54) is 34.4 Å². The lowest BCUT2D eigenvalue weighted by Gasteiger charge is -2.12. The fraction of sp³-hybridized carbons (Fsp3) is 0.400. The highest BCUT2D eigenvalue weighted by molar-refractivity contribution is 5.59. The Morgan fingerprint density at radius 2 is 1.86 bits per heavy atom. The van der Waals surface area contributed by atoms with Crippen LogP contribution in [-0.2, 0) is 12.8 Å². The number of rotatable bonds is 4. The molecule has 0 radical (unpaired) electrons. The first-order valence-corrected chi connectivity index (χ1v) is 8.19. The van der Waals surface area contributed by atoms with Gasteiger partial charge in [0, 0.05) is 5.69 Å². The highest BCUT2D eigenvalue weighted by Gasteiger charge is 2.22. The average molecular weight is 279 g/mol. The van der Waals surface area contributed by atoms with Gasteiger partial charge in [-0.1, -0.05) is 57.2 Å². The maximum absolute atomic E-state index is 3.67. The summed E-state index contributed by atoms with van der Waals surface area (Å²) in [6, 6.07) is 16.4. The van der Waals surface area contributed by atoms with Gasteiger partial charge in [-0.15, -0.1) is 0 Å². The second kappa shape index (κ2) is 5.93. The fourth-order valence-electron chi connectivity index (χ4n) is 3.11. The average Bonchev–Trinajstić information content (AvgIpc) is 2.97. The summed E-state index contributed by atoms with van der Waals surface area (Å²) in [6.07, 6.45) is 3.41. The summed E-state index contributed by atoms with van der Waals surface area (Å²) < 4.78 is 0. The summed E-state index contributed by atoms with van der Waals surface area (Å²) in [5.74, 6) is 0.651. The summed E-state index contributed by atoms with van der Waals surface area (Å²) in [4.78, 5) is 0. The van der Waals surface area contributed by atoms with E-state index in [0.29, 0.717) is 12.0 Å². The van der Waals surface area contributed by atoms with Crippen molar-refractivity contribution >= 4 is 5.69 Å². The topological polar surface area (TPSA) is 12.0 Å². The third kappa shape index (κ3) is 2.83. The Hall–Kier alpha value is -1.76. The minimum Gasteiger partial charge on any atom is -0.378 e. The highest BCUT2D eigenvalue weighted by atomic mass is 14.9. The van der Waals surface area contributed by atoms with Crippen LogP contribution in [0.25, 0.3) is 0 Å². The molecule has 2 aromatic carbocycles. The van der Waals surface area contributed by atoms with Crippen LogP contribution in [0.4, 0.5) is 5.69 Å². The number of anilines is 1. The molecule has 2 unspecified atom stereocenters. The molecule has 2 atom stereocenters. The predicted octanol–water partition coefficient (Wildman–Crippen LogP) is 5.47. The Morgan fingerprint density at radius 1 is 1.10 bits per heavy atom. The SMILES string of the molecule is CCc1ccc(C2Cc3cc(C(C)CC)ccc3N2)cc1. The standard InChI is InChI=1S/C20H25N/c1-4-14(3)17-10-11-19-18(12-17)13-20(21-19)16-8-6-15(5-2)7-9-16/h6-12,14,20-21H,4-5,13H2,1-3H3. The minimum absolute atomic E-state index is 0.429. The molecule has 0 fully saturated rings. The van der Waals surface area contributed by atoms with E-state index in [4.69, 9.17) is 0 Å². The second-order valence-electron chi connectivity index (χ2n) is 6.22. The summed E-state index contributed by atoms with van der Waals surface area (Å²) in [5, 5.41) is 3.67. The Kier molecular flexibility index (Phi) is 4.01. The molecule has 1 aliphatic heterocycles. The maximum atomic E-state index is 3.67. The molecule has 1 heteroatoms. The molecule has 0 spiro atoms. The van der Waals surface area contributed by atoms with Gasteiger partial charge in [-0.25, -0.2) is 0 Å². The van der Waals surface area contributed by atoms with E-state index in [0.717, 1.165) is 12.8 Å². The van der Waals surface area contributed by atoms with Gasteiger partial charge in [-0.3, -0.25) is 0 Å². The lowest BCUT2D eigenvalue weighted by Crippen LogP contribution is -2.05. The minimum atomic E-state index is 0.429. The quantitative estimate of drug-likeness (QED) is 0.782. The second-order valence-corrected chi connectivity index (χ2v) is 6.22. The van der Waals surface area contributed by atoms with Crippen LogP contribution < -0.4 is 5.32 Å². The molecule has 0 bridgehead atoms. The van der Waals surface area contributed by atoms with E-state index in [-0.39, 0.29) is 0 Å². The van der Waals surface area contributed by atoms with E-state index >= 15 is 0 Å². The van der Waals surface area contributed by atoms with Crippen molar-refractivity contribution in [2.75, 3.05) is 5.32 Å². The van der Waals surface area contributed by atoms with Crippen molar-refractivity contribution in [3.63, 3.8) is 0 Å².